The summed E-state index contributed by atoms with van der Waals surface area (Å²) >= 11 is 6.01. The summed E-state index contributed by atoms with van der Waals surface area (Å²) in [5, 5.41) is 6.00. The van der Waals surface area contributed by atoms with Gasteiger partial charge in [-0.2, -0.15) is 0 Å². The van der Waals surface area contributed by atoms with Crippen LogP contribution in [0.3, 0.4) is 0 Å². The van der Waals surface area contributed by atoms with Crippen molar-refractivity contribution >= 4 is 29.1 Å². The summed E-state index contributed by atoms with van der Waals surface area (Å²) in [7, 11) is 0. The zero-order valence-electron chi connectivity index (χ0n) is 12.2. The zero-order valence-corrected chi connectivity index (χ0v) is 13.0. The lowest BCUT2D eigenvalue weighted by Crippen LogP contribution is -2.28. The molecule has 5 heteroatoms. The first-order valence-corrected chi connectivity index (χ1v) is 7.29. The first kappa shape index (κ1) is 16.0. The second-order valence-electron chi connectivity index (χ2n) is 4.91. The summed E-state index contributed by atoms with van der Waals surface area (Å²) < 4.78 is 0. The van der Waals surface area contributed by atoms with Crippen molar-refractivity contribution in [1.82, 2.24) is 5.32 Å². The van der Waals surface area contributed by atoms with Gasteiger partial charge in [-0.25, -0.2) is 0 Å². The van der Waals surface area contributed by atoms with Gasteiger partial charge < -0.3 is 10.6 Å². The van der Waals surface area contributed by atoms with Gasteiger partial charge in [0.05, 0.1) is 0 Å². The highest BCUT2D eigenvalue weighted by atomic mass is 35.5. The molecule has 2 amide bonds. The summed E-state index contributed by atoms with van der Waals surface area (Å²) in [4.78, 5) is 23.7. The van der Waals surface area contributed by atoms with E-state index in [1.165, 1.54) is 0 Å². The summed E-state index contributed by atoms with van der Waals surface area (Å²) in [5.74, 6) is -0.683. The second kappa shape index (κ2) is 7.61. The van der Waals surface area contributed by atoms with E-state index in [4.69, 9.17) is 11.6 Å². The average molecular weight is 317 g/mol. The fourth-order valence-electron chi connectivity index (χ4n) is 1.95. The van der Waals surface area contributed by atoms with Gasteiger partial charge >= 0.3 is 0 Å². The maximum absolute atomic E-state index is 11.9. The molecule has 2 aromatic carbocycles. The van der Waals surface area contributed by atoms with Gasteiger partial charge in [0.25, 0.3) is 0 Å². The van der Waals surface area contributed by atoms with Gasteiger partial charge in [-0.05, 0) is 30.2 Å². The van der Waals surface area contributed by atoms with E-state index in [1.54, 1.807) is 12.1 Å². The van der Waals surface area contributed by atoms with Crippen molar-refractivity contribution in [3.8, 4) is 0 Å². The molecule has 0 bridgehead atoms. The number of halogens is 1. The molecule has 0 aliphatic rings. The lowest BCUT2D eigenvalue weighted by molar-refractivity contribution is -0.126. The van der Waals surface area contributed by atoms with E-state index in [2.05, 4.69) is 10.6 Å². The number of para-hydroxylation sites is 1. The van der Waals surface area contributed by atoms with Gasteiger partial charge in [-0.15, -0.1) is 0 Å². The molecule has 0 heterocycles. The number of carbonyl (C=O) groups is 2. The monoisotopic (exact) mass is 316 g/mol. The van der Waals surface area contributed by atoms with Gasteiger partial charge in [-0.3, -0.25) is 9.59 Å². The maximum Gasteiger partial charge on any atom is 0.233 e. The summed E-state index contributed by atoms with van der Waals surface area (Å²) in [6.45, 7) is 2.20. The fraction of sp³-hybridized carbons (Fsp3) is 0.176. The molecule has 2 rings (SSSR count). The molecule has 0 fully saturated rings. The van der Waals surface area contributed by atoms with Crippen LogP contribution < -0.4 is 10.6 Å². The van der Waals surface area contributed by atoms with Crippen LogP contribution in [-0.2, 0) is 16.1 Å². The lowest BCUT2D eigenvalue weighted by Gasteiger charge is -2.09. The van der Waals surface area contributed by atoms with Gasteiger partial charge in [0.1, 0.15) is 6.42 Å². The van der Waals surface area contributed by atoms with Crippen LogP contribution in [-0.4, -0.2) is 11.8 Å². The molecule has 4 nitrogen and oxygen atoms in total. The van der Waals surface area contributed by atoms with Crippen LogP contribution in [0.15, 0.2) is 48.5 Å². The summed E-state index contributed by atoms with van der Waals surface area (Å²) in [6.07, 6.45) is -0.223. The molecule has 0 aliphatic carbocycles. The van der Waals surface area contributed by atoms with E-state index in [1.807, 2.05) is 43.3 Å². The Hall–Kier alpha value is -2.33. The number of amides is 2. The van der Waals surface area contributed by atoms with Gasteiger partial charge in [0, 0.05) is 17.3 Å². The van der Waals surface area contributed by atoms with Crippen LogP contribution in [0.4, 0.5) is 5.69 Å². The van der Waals surface area contributed by atoms with Crippen molar-refractivity contribution in [2.45, 2.75) is 19.9 Å². The molecule has 0 saturated carbocycles. The van der Waals surface area contributed by atoms with Crippen LogP contribution in [0.5, 0.6) is 0 Å². The molecule has 2 aromatic rings. The Morgan fingerprint density at radius 1 is 1.00 bits per heavy atom. The molecule has 0 aliphatic heterocycles. The minimum Gasteiger partial charge on any atom is -0.352 e. The fourth-order valence-corrected chi connectivity index (χ4v) is 2.15. The first-order chi connectivity index (χ1) is 10.6. The van der Waals surface area contributed by atoms with E-state index in [9.17, 15) is 9.59 Å². The van der Waals surface area contributed by atoms with Crippen LogP contribution in [0.1, 0.15) is 17.5 Å². The zero-order chi connectivity index (χ0) is 15.9. The number of nitrogens with one attached hydrogen (secondary N) is 2. The number of hydrogen-bond acceptors (Lipinski definition) is 2. The van der Waals surface area contributed by atoms with Gasteiger partial charge in [-0.1, -0.05) is 48.0 Å². The average Bonchev–Trinajstić information content (AvgIpc) is 2.49. The molecule has 0 radical (unpaired) electrons. The molecular weight excluding hydrogens is 300 g/mol. The van der Waals surface area contributed by atoms with E-state index < -0.39 is 0 Å². The molecule has 2 N–H and O–H groups in total. The molecule has 0 aromatic heterocycles. The maximum atomic E-state index is 11.9. The van der Waals surface area contributed by atoms with Crippen LogP contribution in [0, 0.1) is 6.92 Å². The molecule has 0 spiro atoms. The van der Waals surface area contributed by atoms with Crippen LogP contribution in [0.25, 0.3) is 0 Å². The van der Waals surface area contributed by atoms with E-state index in [0.29, 0.717) is 17.3 Å². The third-order valence-electron chi connectivity index (χ3n) is 3.17. The minimum atomic E-state index is -0.342. The third kappa shape index (κ3) is 4.60. The Labute approximate surface area is 134 Å². The highest BCUT2D eigenvalue weighted by Gasteiger charge is 2.10. The SMILES string of the molecule is Cc1ccccc1NC(=O)CC(=O)NCc1ccccc1Cl. The number of rotatable bonds is 5. The predicted molar refractivity (Wildman–Crippen MR) is 87.7 cm³/mol. The largest absolute Gasteiger partial charge is 0.352 e. The third-order valence-corrected chi connectivity index (χ3v) is 3.54. The number of anilines is 1. The smallest absolute Gasteiger partial charge is 0.233 e. The topological polar surface area (TPSA) is 58.2 Å². The van der Waals surface area contributed by atoms with Crippen molar-refractivity contribution in [1.29, 1.82) is 0 Å². The molecule has 22 heavy (non-hydrogen) atoms. The van der Waals surface area contributed by atoms with E-state index in [-0.39, 0.29) is 18.2 Å². The Balaban J connectivity index is 1.83. The minimum absolute atomic E-state index is 0.223. The van der Waals surface area contributed by atoms with Gasteiger partial charge in [0.15, 0.2) is 0 Å². The van der Waals surface area contributed by atoms with Crippen molar-refractivity contribution < 1.29 is 9.59 Å². The quantitative estimate of drug-likeness (QED) is 0.832. The molecule has 0 unspecified atom stereocenters. The van der Waals surface area contributed by atoms with Crippen molar-refractivity contribution in [3.05, 3.63) is 64.7 Å². The van der Waals surface area contributed by atoms with Crippen molar-refractivity contribution in [3.63, 3.8) is 0 Å². The highest BCUT2D eigenvalue weighted by Crippen LogP contribution is 2.15. The van der Waals surface area contributed by atoms with Gasteiger partial charge in [0.2, 0.25) is 11.8 Å². The Kier molecular flexibility index (Phi) is 5.55. The second-order valence-corrected chi connectivity index (χ2v) is 5.32. The van der Waals surface area contributed by atoms with E-state index in [0.717, 1.165) is 11.1 Å². The lowest BCUT2D eigenvalue weighted by atomic mass is 10.2. The number of aryl methyl sites for hydroxylation is 1. The molecule has 0 saturated heterocycles. The summed E-state index contributed by atoms with van der Waals surface area (Å²) in [5.41, 5.74) is 2.48. The Bertz CT molecular complexity index is 686. The summed E-state index contributed by atoms with van der Waals surface area (Å²) in [6, 6.07) is 14.7. The van der Waals surface area contributed by atoms with Crippen molar-refractivity contribution in [2.24, 2.45) is 0 Å². The van der Waals surface area contributed by atoms with Crippen LogP contribution >= 0.6 is 11.6 Å². The van der Waals surface area contributed by atoms with E-state index >= 15 is 0 Å². The molecule has 114 valence electrons. The Morgan fingerprint density at radius 3 is 2.41 bits per heavy atom. The first-order valence-electron chi connectivity index (χ1n) is 6.92. The molecule has 0 atom stereocenters. The number of benzene rings is 2. The number of hydrogen-bond donors (Lipinski definition) is 2. The molecular formula is C17H17ClN2O2. The highest BCUT2D eigenvalue weighted by molar-refractivity contribution is 6.31. The van der Waals surface area contributed by atoms with Crippen LogP contribution in [0.2, 0.25) is 5.02 Å². The predicted octanol–water partition coefficient (Wildman–Crippen LogP) is 3.29. The van der Waals surface area contributed by atoms with Crippen molar-refractivity contribution in [2.75, 3.05) is 5.32 Å². The number of carbonyl (C=O) groups excluding carboxylic acids is 2. The Morgan fingerprint density at radius 2 is 1.68 bits per heavy atom. The normalized spacial score (nSPS) is 10.1. The standard InChI is InChI=1S/C17H17ClN2O2/c1-12-6-2-5-9-15(12)20-17(22)10-16(21)19-11-13-7-3-4-8-14(13)18/h2-9H,10-11H2,1H3,(H,19,21)(H,20,22).